The van der Waals surface area contributed by atoms with Crippen molar-refractivity contribution in [2.75, 3.05) is 30.9 Å². The molecule has 1 aliphatic rings. The van der Waals surface area contributed by atoms with Gasteiger partial charge in [-0.3, -0.25) is 43.2 Å². The van der Waals surface area contributed by atoms with E-state index in [2.05, 4.69) is 37.2 Å². The van der Waals surface area contributed by atoms with E-state index in [0.717, 1.165) is 21.6 Å². The Kier molecular flexibility index (Phi) is 26.8. The minimum absolute atomic E-state index is 0.0281. The minimum Gasteiger partial charge on any atom is -0.508 e. The van der Waals surface area contributed by atoms with Crippen LogP contribution in [-0.4, -0.2) is 150 Å². The van der Waals surface area contributed by atoms with Gasteiger partial charge < -0.3 is 64.0 Å². The van der Waals surface area contributed by atoms with E-state index in [1.54, 1.807) is 37.4 Å². The molecule has 89 heavy (non-hydrogen) atoms. The van der Waals surface area contributed by atoms with Crippen molar-refractivity contribution in [2.45, 2.75) is 106 Å². The number of carbonyl (C=O) groups is 9. The first-order valence-electron chi connectivity index (χ1n) is 28.6. The van der Waals surface area contributed by atoms with Crippen LogP contribution in [0.1, 0.15) is 65.2 Å². The van der Waals surface area contributed by atoms with E-state index in [4.69, 9.17) is 23.1 Å². The van der Waals surface area contributed by atoms with Gasteiger partial charge in [-0.15, -0.1) is 0 Å². The number of hydrogen-bond acceptors (Lipinski definition) is 17. The highest BCUT2D eigenvalue weighted by Crippen LogP contribution is 2.27. The summed E-state index contributed by atoms with van der Waals surface area (Å²) in [6.45, 7) is 1.72. The van der Waals surface area contributed by atoms with E-state index in [9.17, 15) is 57.3 Å². The van der Waals surface area contributed by atoms with Crippen molar-refractivity contribution in [3.05, 3.63) is 160 Å². The number of amides is 8. The van der Waals surface area contributed by atoms with Gasteiger partial charge >= 0.3 is 0 Å². The summed E-state index contributed by atoms with van der Waals surface area (Å²) in [4.78, 5) is 128. The lowest BCUT2D eigenvalue weighted by molar-refractivity contribution is -0.137. The van der Waals surface area contributed by atoms with Crippen molar-refractivity contribution in [1.82, 2.24) is 37.2 Å². The fourth-order valence-corrected chi connectivity index (χ4v) is 13.7. The third kappa shape index (κ3) is 22.2. The molecule has 0 unspecified atom stereocenters. The quantitative estimate of drug-likeness (QED) is 0.0330. The molecule has 14 N–H and O–H groups in total. The molecule has 0 radical (unpaired) electrons. The number of sulfone groups is 1. The van der Waals surface area contributed by atoms with Crippen LogP contribution in [0.5, 0.6) is 11.5 Å². The average Bonchev–Trinajstić information content (AvgIpc) is 3.52. The van der Waals surface area contributed by atoms with Gasteiger partial charge in [-0.2, -0.15) is 0 Å². The Bertz CT molecular complexity index is 3370. The number of aliphatic hydroxyl groups excluding tert-OH is 1. The highest BCUT2D eigenvalue weighted by molar-refractivity contribution is 8.76. The van der Waals surface area contributed by atoms with Crippen LogP contribution >= 0.6 is 33.2 Å². The lowest BCUT2D eigenvalue weighted by Crippen LogP contribution is -2.62. The number of phenolic OH excluding ortho intramolecular Hbond substituents is 2. The Labute approximate surface area is 528 Å². The van der Waals surface area contributed by atoms with Gasteiger partial charge in [0.05, 0.1) is 28.7 Å². The van der Waals surface area contributed by atoms with Crippen molar-refractivity contribution in [2.24, 2.45) is 23.3 Å². The van der Waals surface area contributed by atoms with Gasteiger partial charge in [0.15, 0.2) is 15.6 Å². The zero-order valence-electron chi connectivity index (χ0n) is 48.9. The molecule has 0 saturated carbocycles. The third-order valence-electron chi connectivity index (χ3n) is 14.6. The van der Waals surface area contributed by atoms with Crippen LogP contribution in [0.2, 0.25) is 5.02 Å². The number of aliphatic hydroxyl groups is 1. The smallest absolute Gasteiger partial charge is 0.248 e. The number of nitrogens with two attached hydrogens (primary N) is 2. The molecule has 27 heteroatoms. The SMILES string of the molecule is CNCCCC[C@@H]1NC(=O)[C@@H](Cc2ccc(C(N)=O)cc2)NC(=O)[C@H](Cc2ccc(O)cc2)CC(=O)[C@H](NC(=O)[C@H](Cc2ccc(Cl)cc2)CS(=O)(=O)c2ccccc2)CSSC[C@@H](C(=O)N[C@H](Cc2ccc(O)cc2)C(N)=O)NC(=O)[C@H]([C@@H](C)O)NC1=O. The van der Waals surface area contributed by atoms with Crippen LogP contribution in [0.3, 0.4) is 0 Å². The predicted molar refractivity (Wildman–Crippen MR) is 338 cm³/mol. The number of benzene rings is 5. The molecule has 1 fully saturated rings. The number of aromatic hydroxyl groups is 2. The van der Waals surface area contributed by atoms with Gasteiger partial charge in [-0.25, -0.2) is 8.42 Å². The maximum absolute atomic E-state index is 15.2. The first-order valence-corrected chi connectivity index (χ1v) is 33.1. The highest BCUT2D eigenvalue weighted by Gasteiger charge is 2.38. The van der Waals surface area contributed by atoms with E-state index >= 15 is 9.59 Å². The summed E-state index contributed by atoms with van der Waals surface area (Å²) in [7, 11) is -0.593. The molecule has 1 aliphatic heterocycles. The summed E-state index contributed by atoms with van der Waals surface area (Å²) in [5.74, 6) is -12.2. The number of carbonyl (C=O) groups excluding carboxylic acids is 9. The van der Waals surface area contributed by atoms with Crippen LogP contribution in [-0.2, 0) is 73.9 Å². The summed E-state index contributed by atoms with van der Waals surface area (Å²) < 4.78 is 28.1. The van der Waals surface area contributed by atoms with Crippen LogP contribution in [0.4, 0.5) is 0 Å². The number of primary amides is 2. The predicted octanol–water partition coefficient (Wildman–Crippen LogP) is 2.35. The summed E-state index contributed by atoms with van der Waals surface area (Å²) in [5, 5.41) is 50.6. The van der Waals surface area contributed by atoms with E-state index in [1.165, 1.54) is 104 Å². The largest absolute Gasteiger partial charge is 0.508 e. The van der Waals surface area contributed by atoms with Crippen LogP contribution < -0.4 is 48.7 Å². The molecular formula is C62H74ClN9O14S3. The van der Waals surface area contributed by atoms with Gasteiger partial charge in [-0.1, -0.05) is 99.9 Å². The normalized spacial score (nSPS) is 20.2. The second kappa shape index (κ2) is 34.1. The summed E-state index contributed by atoms with van der Waals surface area (Å²) >= 11 is 6.20. The molecule has 23 nitrogen and oxygen atoms in total. The first-order chi connectivity index (χ1) is 42.4. The fraction of sp³-hybridized carbons (Fsp3) is 0.371. The van der Waals surface area contributed by atoms with E-state index in [0.29, 0.717) is 46.7 Å². The standard InChI is InChI=1S/C62H74ClN9O14S3/c1-36(73)54-62(84)71-52(61(83)68-49(56(65)78)30-40-17-25-46(75)26-18-40)34-88-87-33-51(70-58(80)43(29-37-13-21-44(63)22-14-37)35-89(85,86)47-8-4-3-5-9-47)53(76)32-42(28-38-15-23-45(74)24-16-38)57(79)69-50(31-39-11-19-41(20-12-39)55(64)77)60(82)67-48(59(81)72-54)10-6-7-27-66-2/h3-5,8-9,11-26,36,42-43,48-52,54,66,73-75H,6-7,10,27-35H2,1-2H3,(H2,64,77)(H2,65,78)(H,67,82)(H,68,83)(H,69,79)(H,70,80)(H,71,84)(H,72,81)/t36-,42-,43-,48+,49-,50-,51-,52+,54+/m1/s1. The Morgan fingerprint density at radius 2 is 1.24 bits per heavy atom. The summed E-state index contributed by atoms with van der Waals surface area (Å²) in [5.41, 5.74) is 13.3. The van der Waals surface area contributed by atoms with E-state index in [1.807, 2.05) is 0 Å². The molecule has 6 rings (SSSR count). The number of unbranched alkanes of at least 4 members (excludes halogenated alkanes) is 1. The average molecular weight is 1300 g/mol. The molecule has 1 saturated heterocycles. The zero-order chi connectivity index (χ0) is 64.8. The van der Waals surface area contributed by atoms with E-state index < -0.39 is 129 Å². The molecule has 476 valence electrons. The Hall–Kier alpha value is -8.01. The highest BCUT2D eigenvalue weighted by atomic mass is 35.5. The number of Topliss-reactive ketones (excluding diaryl/α,β-unsaturated/α-hetero) is 1. The van der Waals surface area contributed by atoms with Gasteiger partial charge in [0, 0.05) is 47.3 Å². The Balaban J connectivity index is 1.45. The number of hydrogen-bond donors (Lipinski definition) is 12. The Morgan fingerprint density at radius 3 is 1.84 bits per heavy atom. The van der Waals surface area contributed by atoms with E-state index in [-0.39, 0.29) is 65.6 Å². The third-order valence-corrected chi connectivity index (χ3v) is 19.1. The van der Waals surface area contributed by atoms with Crippen molar-refractivity contribution in [1.29, 1.82) is 0 Å². The molecule has 0 aromatic heterocycles. The maximum atomic E-state index is 15.2. The lowest BCUT2D eigenvalue weighted by atomic mass is 9.90. The van der Waals surface area contributed by atoms with Crippen LogP contribution in [0.25, 0.3) is 0 Å². The van der Waals surface area contributed by atoms with Crippen molar-refractivity contribution >= 4 is 96.1 Å². The number of halogens is 1. The molecule has 8 amide bonds. The molecule has 5 aromatic carbocycles. The Morgan fingerprint density at radius 1 is 0.674 bits per heavy atom. The number of nitrogens with one attached hydrogen (secondary N) is 7. The molecule has 5 aromatic rings. The molecule has 0 bridgehead atoms. The van der Waals surface area contributed by atoms with Crippen molar-refractivity contribution in [3.8, 4) is 11.5 Å². The van der Waals surface area contributed by atoms with Crippen LogP contribution in [0, 0.1) is 11.8 Å². The molecular weight excluding hydrogens is 1230 g/mol. The van der Waals surface area contributed by atoms with Crippen LogP contribution in [0.15, 0.2) is 132 Å². The summed E-state index contributed by atoms with van der Waals surface area (Å²) in [6, 6.07) is 22.0. The monoisotopic (exact) mass is 1300 g/mol. The molecule has 9 atom stereocenters. The van der Waals surface area contributed by atoms with Gasteiger partial charge in [-0.05, 0) is 136 Å². The van der Waals surface area contributed by atoms with Gasteiger partial charge in [0.1, 0.15) is 41.7 Å². The fourth-order valence-electron chi connectivity index (χ4n) is 9.61. The molecule has 1 heterocycles. The minimum atomic E-state index is -4.17. The zero-order valence-corrected chi connectivity index (χ0v) is 52.1. The number of ketones is 1. The molecule has 0 spiro atoms. The lowest BCUT2D eigenvalue weighted by Gasteiger charge is -2.29. The number of phenols is 2. The number of rotatable bonds is 23. The first kappa shape index (κ1) is 70.1. The topological polar surface area (TPSA) is 385 Å². The second-order valence-corrected chi connectivity index (χ2v) is 26.6. The molecule has 0 aliphatic carbocycles. The van der Waals surface area contributed by atoms with Gasteiger partial charge in [0.25, 0.3) is 0 Å². The maximum Gasteiger partial charge on any atom is 0.248 e. The van der Waals surface area contributed by atoms with Crippen molar-refractivity contribution in [3.63, 3.8) is 0 Å². The van der Waals surface area contributed by atoms with Crippen molar-refractivity contribution < 1.29 is 66.9 Å². The second-order valence-electron chi connectivity index (χ2n) is 21.6. The summed E-state index contributed by atoms with van der Waals surface area (Å²) in [6.07, 6.45) is -2.17. The van der Waals surface area contributed by atoms with Gasteiger partial charge in [0.2, 0.25) is 47.3 Å².